The van der Waals surface area contributed by atoms with Crippen LogP contribution in [0, 0.1) is 13.8 Å². The van der Waals surface area contributed by atoms with E-state index in [1.54, 1.807) is 0 Å². The van der Waals surface area contributed by atoms with Crippen LogP contribution in [0.2, 0.25) is 0 Å². The van der Waals surface area contributed by atoms with Crippen LogP contribution in [0.4, 0.5) is 0 Å². The fourth-order valence-electron chi connectivity index (χ4n) is 3.42. The predicted octanol–water partition coefficient (Wildman–Crippen LogP) is 2.66. The van der Waals surface area contributed by atoms with Crippen molar-refractivity contribution in [3.63, 3.8) is 0 Å². The highest BCUT2D eigenvalue weighted by atomic mass is 16.5. The minimum absolute atomic E-state index is 0.0483. The van der Waals surface area contributed by atoms with E-state index in [1.165, 1.54) is 0 Å². The lowest BCUT2D eigenvalue weighted by Gasteiger charge is -2.32. The van der Waals surface area contributed by atoms with Gasteiger partial charge in [0.15, 0.2) is 0 Å². The topological polar surface area (TPSA) is 69.2 Å². The van der Waals surface area contributed by atoms with E-state index < -0.39 is 0 Å². The lowest BCUT2D eigenvalue weighted by Crippen LogP contribution is -2.38. The van der Waals surface area contributed by atoms with Gasteiger partial charge in [0.2, 0.25) is 0 Å². The molecule has 1 aliphatic heterocycles. The van der Waals surface area contributed by atoms with Crippen LogP contribution in [0.25, 0.3) is 11.3 Å². The van der Waals surface area contributed by atoms with Gasteiger partial charge in [0.25, 0.3) is 0 Å². The minimum atomic E-state index is -0.0483. The molecule has 7 heteroatoms. The second-order valence-electron chi connectivity index (χ2n) is 6.77. The second kappa shape index (κ2) is 7.01. The smallest absolute Gasteiger partial charge is 0.143 e. The summed E-state index contributed by atoms with van der Waals surface area (Å²) in [7, 11) is 1.99. The summed E-state index contributed by atoms with van der Waals surface area (Å²) in [5.74, 6) is 0.786. The van der Waals surface area contributed by atoms with Gasteiger partial charge in [-0.05, 0) is 26.0 Å². The highest BCUT2D eigenvalue weighted by molar-refractivity contribution is 5.63. The molecule has 3 aromatic rings. The first kappa shape index (κ1) is 16.9. The van der Waals surface area contributed by atoms with Crippen molar-refractivity contribution in [1.82, 2.24) is 24.6 Å². The molecule has 1 unspecified atom stereocenters. The number of pyridine rings is 1. The van der Waals surface area contributed by atoms with Crippen molar-refractivity contribution in [1.29, 1.82) is 0 Å². The SMILES string of the molecule is Cc1noc(C)c1-c1cccc(C2CN(Cc3cn(C)cn3)CCO2)n1. The van der Waals surface area contributed by atoms with Gasteiger partial charge in [0, 0.05) is 32.9 Å². The van der Waals surface area contributed by atoms with Gasteiger partial charge in [-0.2, -0.15) is 0 Å². The number of aryl methyl sites for hydroxylation is 3. The molecule has 1 atom stereocenters. The maximum absolute atomic E-state index is 6.00. The van der Waals surface area contributed by atoms with Gasteiger partial charge in [0.1, 0.15) is 11.9 Å². The molecule has 26 heavy (non-hydrogen) atoms. The summed E-state index contributed by atoms with van der Waals surface area (Å²) in [5.41, 5.74) is 4.71. The quantitative estimate of drug-likeness (QED) is 0.718. The third-order valence-electron chi connectivity index (χ3n) is 4.68. The summed E-state index contributed by atoms with van der Waals surface area (Å²) in [6.07, 6.45) is 3.84. The van der Waals surface area contributed by atoms with Crippen molar-refractivity contribution >= 4 is 0 Å². The normalized spacial score (nSPS) is 18.3. The Morgan fingerprint density at radius 1 is 1.27 bits per heavy atom. The molecule has 0 amide bonds. The van der Waals surface area contributed by atoms with Crippen LogP contribution >= 0.6 is 0 Å². The van der Waals surface area contributed by atoms with E-state index in [-0.39, 0.29) is 6.10 Å². The molecular weight excluding hydrogens is 330 g/mol. The molecule has 1 aliphatic rings. The second-order valence-corrected chi connectivity index (χ2v) is 6.77. The molecule has 0 N–H and O–H groups in total. The summed E-state index contributed by atoms with van der Waals surface area (Å²) < 4.78 is 13.3. The molecule has 0 aromatic carbocycles. The van der Waals surface area contributed by atoms with Crippen LogP contribution in [0.5, 0.6) is 0 Å². The number of imidazole rings is 1. The molecule has 136 valence electrons. The zero-order chi connectivity index (χ0) is 18.1. The number of morpholine rings is 1. The first-order valence-electron chi connectivity index (χ1n) is 8.81. The third kappa shape index (κ3) is 3.40. The van der Waals surface area contributed by atoms with E-state index in [4.69, 9.17) is 14.2 Å². The Balaban J connectivity index is 1.53. The van der Waals surface area contributed by atoms with Crippen LogP contribution in [0.15, 0.2) is 35.2 Å². The molecule has 0 saturated carbocycles. The fourth-order valence-corrected chi connectivity index (χ4v) is 3.42. The molecule has 3 aromatic heterocycles. The maximum atomic E-state index is 6.00. The molecule has 4 rings (SSSR count). The van der Waals surface area contributed by atoms with Crippen molar-refractivity contribution < 1.29 is 9.26 Å². The lowest BCUT2D eigenvalue weighted by atomic mass is 10.1. The number of ether oxygens (including phenoxy) is 1. The summed E-state index contributed by atoms with van der Waals surface area (Å²) in [5, 5.41) is 4.03. The van der Waals surface area contributed by atoms with E-state index in [9.17, 15) is 0 Å². The van der Waals surface area contributed by atoms with Gasteiger partial charge in [-0.15, -0.1) is 0 Å². The summed E-state index contributed by atoms with van der Waals surface area (Å²) in [6, 6.07) is 6.03. The van der Waals surface area contributed by atoms with E-state index >= 15 is 0 Å². The van der Waals surface area contributed by atoms with Crippen molar-refractivity contribution in [2.24, 2.45) is 7.05 Å². The molecule has 1 saturated heterocycles. The average molecular weight is 353 g/mol. The Bertz CT molecular complexity index is 881. The number of hydrogen-bond donors (Lipinski definition) is 0. The predicted molar refractivity (Wildman–Crippen MR) is 96.4 cm³/mol. The van der Waals surface area contributed by atoms with Crippen LogP contribution in [-0.2, 0) is 18.3 Å². The van der Waals surface area contributed by atoms with Crippen LogP contribution < -0.4 is 0 Å². The Kier molecular flexibility index (Phi) is 4.57. The number of rotatable bonds is 4. The van der Waals surface area contributed by atoms with E-state index in [0.717, 1.165) is 53.7 Å². The molecule has 0 spiro atoms. The van der Waals surface area contributed by atoms with Crippen LogP contribution in [0.1, 0.15) is 28.9 Å². The largest absolute Gasteiger partial charge is 0.369 e. The fraction of sp³-hybridized carbons (Fsp3) is 0.421. The summed E-state index contributed by atoms with van der Waals surface area (Å²) in [4.78, 5) is 11.6. The van der Waals surface area contributed by atoms with Crippen molar-refractivity contribution in [3.8, 4) is 11.3 Å². The van der Waals surface area contributed by atoms with Gasteiger partial charge in [-0.1, -0.05) is 11.2 Å². The standard InChI is InChI=1S/C19H23N5O2/c1-13-19(14(2)26-22-13)17-6-4-5-16(21-17)18-11-24(7-8-25-18)10-15-9-23(3)12-20-15/h4-6,9,12,18H,7-8,10-11H2,1-3H3. The van der Waals surface area contributed by atoms with Crippen molar-refractivity contribution in [2.75, 3.05) is 19.7 Å². The van der Waals surface area contributed by atoms with E-state index in [1.807, 2.05) is 50.0 Å². The summed E-state index contributed by atoms with van der Waals surface area (Å²) >= 11 is 0. The maximum Gasteiger partial charge on any atom is 0.143 e. The highest BCUT2D eigenvalue weighted by Gasteiger charge is 2.24. The Morgan fingerprint density at radius 2 is 2.15 bits per heavy atom. The van der Waals surface area contributed by atoms with Gasteiger partial charge in [-0.3, -0.25) is 4.90 Å². The zero-order valence-corrected chi connectivity index (χ0v) is 15.3. The third-order valence-corrected chi connectivity index (χ3v) is 4.68. The molecule has 4 heterocycles. The molecule has 0 aliphatic carbocycles. The molecule has 1 fully saturated rings. The van der Waals surface area contributed by atoms with Crippen molar-refractivity contribution in [3.05, 3.63) is 53.6 Å². The monoisotopic (exact) mass is 353 g/mol. The number of aromatic nitrogens is 4. The van der Waals surface area contributed by atoms with Crippen molar-refractivity contribution in [2.45, 2.75) is 26.5 Å². The van der Waals surface area contributed by atoms with Crippen LogP contribution in [0.3, 0.4) is 0 Å². The highest BCUT2D eigenvalue weighted by Crippen LogP contribution is 2.28. The Morgan fingerprint density at radius 3 is 2.88 bits per heavy atom. The van der Waals surface area contributed by atoms with E-state index in [0.29, 0.717) is 6.61 Å². The molecule has 0 bridgehead atoms. The van der Waals surface area contributed by atoms with Gasteiger partial charge < -0.3 is 13.8 Å². The Labute approximate surface area is 152 Å². The molecule has 0 radical (unpaired) electrons. The van der Waals surface area contributed by atoms with Gasteiger partial charge in [-0.25, -0.2) is 9.97 Å². The average Bonchev–Trinajstić information content (AvgIpc) is 3.20. The van der Waals surface area contributed by atoms with E-state index in [2.05, 4.69) is 21.2 Å². The number of nitrogens with zero attached hydrogens (tertiary/aromatic N) is 5. The summed E-state index contributed by atoms with van der Waals surface area (Å²) in [6.45, 7) is 7.06. The Hall–Kier alpha value is -2.51. The van der Waals surface area contributed by atoms with Gasteiger partial charge >= 0.3 is 0 Å². The van der Waals surface area contributed by atoms with Gasteiger partial charge in [0.05, 0.1) is 41.3 Å². The number of hydrogen-bond acceptors (Lipinski definition) is 6. The molecule has 7 nitrogen and oxygen atoms in total. The molecular formula is C19H23N5O2. The zero-order valence-electron chi connectivity index (χ0n) is 15.3. The minimum Gasteiger partial charge on any atom is -0.369 e. The lowest BCUT2D eigenvalue weighted by molar-refractivity contribution is -0.0352. The first-order valence-corrected chi connectivity index (χ1v) is 8.81. The van der Waals surface area contributed by atoms with Crippen LogP contribution in [-0.4, -0.2) is 44.3 Å². The first-order chi connectivity index (χ1) is 12.6.